The van der Waals surface area contributed by atoms with Crippen molar-refractivity contribution in [2.45, 2.75) is 0 Å². The monoisotopic (exact) mass is 230 g/mol. The van der Waals surface area contributed by atoms with Gasteiger partial charge in [-0.05, 0) is 12.1 Å². The fourth-order valence-corrected chi connectivity index (χ4v) is 1.44. The Morgan fingerprint density at radius 3 is 2.35 bits per heavy atom. The summed E-state index contributed by atoms with van der Waals surface area (Å²) < 4.78 is 5.20. The van der Waals surface area contributed by atoms with Gasteiger partial charge in [0, 0.05) is 17.9 Å². The van der Waals surface area contributed by atoms with Gasteiger partial charge in [-0.2, -0.15) is 0 Å². The molecule has 0 atom stereocenters. The molecule has 0 fully saturated rings. The average molecular weight is 230 g/mol. The van der Waals surface area contributed by atoms with Crippen LogP contribution in [0.15, 0.2) is 36.7 Å². The molecule has 0 saturated heterocycles. The van der Waals surface area contributed by atoms with Crippen molar-refractivity contribution in [3.8, 4) is 17.1 Å². The minimum absolute atomic E-state index is 0.253. The van der Waals surface area contributed by atoms with Gasteiger partial charge in [-0.1, -0.05) is 12.1 Å². The number of benzene rings is 1. The van der Waals surface area contributed by atoms with Crippen molar-refractivity contribution in [1.29, 1.82) is 0 Å². The number of ether oxygens (including phenoxy) is 1. The van der Waals surface area contributed by atoms with E-state index in [1.54, 1.807) is 7.11 Å². The molecule has 1 heterocycles. The van der Waals surface area contributed by atoms with Gasteiger partial charge in [0.25, 0.3) is 0 Å². The molecule has 86 valence electrons. The van der Waals surface area contributed by atoms with Crippen LogP contribution in [0.25, 0.3) is 11.4 Å². The number of methoxy groups -OCH3 is 1. The molecule has 1 aromatic heterocycles. The van der Waals surface area contributed by atoms with Gasteiger partial charge in [0.1, 0.15) is 5.75 Å². The van der Waals surface area contributed by atoms with E-state index in [-0.39, 0.29) is 5.46 Å². The summed E-state index contributed by atoms with van der Waals surface area (Å²) in [6.07, 6.45) is 2.75. The molecule has 0 saturated carbocycles. The molecule has 0 bridgehead atoms. The summed E-state index contributed by atoms with van der Waals surface area (Å²) in [6, 6.07) is 7.36. The normalized spacial score (nSPS) is 10.1. The number of rotatable bonds is 3. The van der Waals surface area contributed by atoms with E-state index in [2.05, 4.69) is 9.97 Å². The standard InChI is InChI=1S/C11H11BN2O3/c1-17-10-5-3-2-4-9(10)11-13-6-8(7-14-11)12(15)16/h2-7,15-16H,1H3. The van der Waals surface area contributed by atoms with E-state index in [9.17, 15) is 0 Å². The lowest BCUT2D eigenvalue weighted by molar-refractivity contribution is 0.416. The fraction of sp³-hybridized carbons (Fsp3) is 0.0909. The number of hydrogen-bond donors (Lipinski definition) is 2. The molecular formula is C11H11BN2O3. The Morgan fingerprint density at radius 1 is 1.12 bits per heavy atom. The third-order valence-electron chi connectivity index (χ3n) is 2.32. The van der Waals surface area contributed by atoms with Gasteiger partial charge in [-0.25, -0.2) is 9.97 Å². The Kier molecular flexibility index (Phi) is 3.36. The second-order valence-corrected chi connectivity index (χ2v) is 3.41. The molecule has 0 amide bonds. The van der Waals surface area contributed by atoms with Gasteiger partial charge < -0.3 is 14.8 Å². The SMILES string of the molecule is COc1ccccc1-c1ncc(B(O)O)cn1. The molecular weight excluding hydrogens is 219 g/mol. The topological polar surface area (TPSA) is 75.5 Å². The molecule has 17 heavy (non-hydrogen) atoms. The van der Waals surface area contributed by atoms with Crippen LogP contribution in [-0.2, 0) is 0 Å². The van der Waals surface area contributed by atoms with E-state index in [0.717, 1.165) is 5.56 Å². The molecule has 2 N–H and O–H groups in total. The van der Waals surface area contributed by atoms with Crippen LogP contribution < -0.4 is 10.2 Å². The predicted octanol–water partition coefficient (Wildman–Crippen LogP) is -0.168. The quantitative estimate of drug-likeness (QED) is 0.716. The smallest absolute Gasteiger partial charge is 0.491 e. The second-order valence-electron chi connectivity index (χ2n) is 3.41. The maximum atomic E-state index is 8.94. The summed E-state index contributed by atoms with van der Waals surface area (Å²) in [5.74, 6) is 1.15. The molecule has 0 aliphatic carbocycles. The van der Waals surface area contributed by atoms with Crippen LogP contribution >= 0.6 is 0 Å². The highest BCUT2D eigenvalue weighted by Gasteiger charge is 2.13. The first-order valence-corrected chi connectivity index (χ1v) is 5.04. The van der Waals surface area contributed by atoms with Crippen LogP contribution in [0.2, 0.25) is 0 Å². The lowest BCUT2D eigenvalue weighted by atomic mass is 9.83. The summed E-state index contributed by atoms with van der Waals surface area (Å²) in [6.45, 7) is 0. The number of hydrogen-bond acceptors (Lipinski definition) is 5. The van der Waals surface area contributed by atoms with Crippen LogP contribution in [0.4, 0.5) is 0 Å². The Morgan fingerprint density at radius 2 is 1.76 bits per heavy atom. The molecule has 0 radical (unpaired) electrons. The minimum Gasteiger partial charge on any atom is -0.496 e. The highest BCUT2D eigenvalue weighted by atomic mass is 16.5. The average Bonchev–Trinajstić information content (AvgIpc) is 2.39. The van der Waals surface area contributed by atoms with E-state index in [0.29, 0.717) is 11.6 Å². The van der Waals surface area contributed by atoms with E-state index in [1.165, 1.54) is 12.4 Å². The zero-order valence-electron chi connectivity index (χ0n) is 9.24. The summed E-state index contributed by atoms with van der Waals surface area (Å²) in [4.78, 5) is 8.14. The number of nitrogens with zero attached hydrogens (tertiary/aromatic N) is 2. The van der Waals surface area contributed by atoms with Crippen LogP contribution in [0.3, 0.4) is 0 Å². The van der Waals surface area contributed by atoms with Crippen molar-refractivity contribution in [2.24, 2.45) is 0 Å². The van der Waals surface area contributed by atoms with Crippen LogP contribution in [-0.4, -0.2) is 34.2 Å². The first-order valence-electron chi connectivity index (χ1n) is 5.04. The second kappa shape index (κ2) is 4.94. The Balaban J connectivity index is 2.40. The van der Waals surface area contributed by atoms with E-state index in [4.69, 9.17) is 14.8 Å². The van der Waals surface area contributed by atoms with Crippen molar-refractivity contribution < 1.29 is 14.8 Å². The molecule has 5 nitrogen and oxygen atoms in total. The summed E-state index contributed by atoms with van der Waals surface area (Å²) in [5.41, 5.74) is 1.01. The zero-order chi connectivity index (χ0) is 12.3. The first-order chi connectivity index (χ1) is 8.22. The zero-order valence-corrected chi connectivity index (χ0v) is 9.24. The summed E-state index contributed by atoms with van der Waals surface area (Å²) >= 11 is 0. The van der Waals surface area contributed by atoms with Crippen LogP contribution in [0, 0.1) is 0 Å². The number of aromatic nitrogens is 2. The molecule has 0 spiro atoms. The van der Waals surface area contributed by atoms with E-state index in [1.807, 2.05) is 24.3 Å². The van der Waals surface area contributed by atoms with Crippen molar-refractivity contribution in [2.75, 3.05) is 7.11 Å². The lowest BCUT2D eigenvalue weighted by Crippen LogP contribution is -2.30. The third-order valence-corrected chi connectivity index (χ3v) is 2.32. The number of para-hydroxylation sites is 1. The summed E-state index contributed by atoms with van der Waals surface area (Å²) in [7, 11) is 0.0201. The molecule has 6 heteroatoms. The van der Waals surface area contributed by atoms with E-state index >= 15 is 0 Å². The minimum atomic E-state index is -1.55. The Hall–Kier alpha value is -1.92. The van der Waals surface area contributed by atoms with E-state index < -0.39 is 7.12 Å². The van der Waals surface area contributed by atoms with Crippen molar-refractivity contribution in [1.82, 2.24) is 9.97 Å². The van der Waals surface area contributed by atoms with Crippen molar-refractivity contribution in [3.63, 3.8) is 0 Å². The molecule has 1 aromatic carbocycles. The maximum absolute atomic E-state index is 8.94. The highest BCUT2D eigenvalue weighted by Crippen LogP contribution is 2.25. The molecule has 0 aliphatic rings. The molecule has 2 rings (SSSR count). The van der Waals surface area contributed by atoms with Gasteiger partial charge in [0.2, 0.25) is 0 Å². The van der Waals surface area contributed by atoms with Gasteiger partial charge in [0.15, 0.2) is 5.82 Å². The molecule has 2 aromatic rings. The van der Waals surface area contributed by atoms with Crippen molar-refractivity contribution >= 4 is 12.6 Å². The first kappa shape index (κ1) is 11.6. The molecule has 0 unspecified atom stereocenters. The highest BCUT2D eigenvalue weighted by molar-refractivity contribution is 6.58. The molecule has 0 aliphatic heterocycles. The Bertz CT molecular complexity index is 502. The van der Waals surface area contributed by atoms with Crippen LogP contribution in [0.1, 0.15) is 0 Å². The van der Waals surface area contributed by atoms with Gasteiger partial charge in [-0.3, -0.25) is 0 Å². The lowest BCUT2D eigenvalue weighted by Gasteiger charge is -2.06. The predicted molar refractivity (Wildman–Crippen MR) is 63.8 cm³/mol. The van der Waals surface area contributed by atoms with Gasteiger partial charge >= 0.3 is 7.12 Å². The Labute approximate surface area is 98.9 Å². The van der Waals surface area contributed by atoms with Crippen molar-refractivity contribution in [3.05, 3.63) is 36.7 Å². The van der Waals surface area contributed by atoms with Crippen LogP contribution in [0.5, 0.6) is 5.75 Å². The summed E-state index contributed by atoms with van der Waals surface area (Å²) in [5, 5.41) is 17.9. The van der Waals surface area contributed by atoms with Gasteiger partial charge in [0.05, 0.1) is 12.7 Å². The fourth-order valence-electron chi connectivity index (χ4n) is 1.44. The van der Waals surface area contributed by atoms with Gasteiger partial charge in [-0.15, -0.1) is 0 Å². The largest absolute Gasteiger partial charge is 0.496 e. The maximum Gasteiger partial charge on any atom is 0.491 e. The third kappa shape index (κ3) is 2.43.